The molecule has 0 fully saturated rings. The number of hydrogen-bond acceptors (Lipinski definition) is 6. The summed E-state index contributed by atoms with van der Waals surface area (Å²) in [7, 11) is -1.44. The van der Waals surface area contributed by atoms with E-state index in [1.807, 2.05) is 19.2 Å². The highest BCUT2D eigenvalue weighted by Crippen LogP contribution is 2.14. The lowest BCUT2D eigenvalue weighted by atomic mass is 9.79. The summed E-state index contributed by atoms with van der Waals surface area (Å²) in [5.74, 6) is 0. The van der Waals surface area contributed by atoms with Gasteiger partial charge in [0.15, 0.2) is 0 Å². The maximum atomic E-state index is 9.07. The number of aromatic nitrogens is 1. The van der Waals surface area contributed by atoms with Gasteiger partial charge in [0.05, 0.1) is 11.9 Å². The van der Waals surface area contributed by atoms with Gasteiger partial charge in [0.2, 0.25) is 5.13 Å². The number of nitrogens with zero attached hydrogens (tertiary/aromatic N) is 2. The summed E-state index contributed by atoms with van der Waals surface area (Å²) in [6.07, 6.45) is 1.68. The minimum Gasteiger partial charge on any atom is -0.423 e. The molecule has 0 aliphatic rings. The van der Waals surface area contributed by atoms with E-state index in [4.69, 9.17) is 10.0 Å². The normalized spacial score (nSPS) is 10.9. The van der Waals surface area contributed by atoms with E-state index in [-0.39, 0.29) is 0 Å². The third-order valence-electron chi connectivity index (χ3n) is 2.57. The van der Waals surface area contributed by atoms with Crippen molar-refractivity contribution in [3.8, 4) is 0 Å². The molecule has 0 unspecified atom stereocenters. The van der Waals surface area contributed by atoms with Gasteiger partial charge in [-0.05, 0) is 30.4 Å². The van der Waals surface area contributed by atoms with Gasteiger partial charge in [-0.15, -0.1) is 11.3 Å². The minimum absolute atomic E-state index is 0.471. The van der Waals surface area contributed by atoms with Gasteiger partial charge in [0, 0.05) is 5.38 Å². The number of benzene rings is 1. The predicted molar refractivity (Wildman–Crippen MR) is 79.1 cm³/mol. The van der Waals surface area contributed by atoms with Crippen LogP contribution in [0.4, 0.5) is 5.13 Å². The van der Waals surface area contributed by atoms with E-state index in [0.29, 0.717) is 5.46 Å². The van der Waals surface area contributed by atoms with Crippen molar-refractivity contribution in [1.82, 2.24) is 4.98 Å². The largest absolute Gasteiger partial charge is 0.488 e. The van der Waals surface area contributed by atoms with Crippen LogP contribution in [0.2, 0.25) is 0 Å². The number of nitrogens with one attached hydrogen (secondary N) is 1. The minimum atomic E-state index is -1.44. The Morgan fingerprint density at radius 2 is 2.16 bits per heavy atom. The number of hydrazone groups is 1. The van der Waals surface area contributed by atoms with Crippen molar-refractivity contribution in [2.45, 2.75) is 13.8 Å². The Balaban J connectivity index is 2.06. The smallest absolute Gasteiger partial charge is 0.423 e. The molecule has 1 aromatic heterocycles. The van der Waals surface area contributed by atoms with E-state index >= 15 is 0 Å². The summed E-state index contributed by atoms with van der Waals surface area (Å²) < 4.78 is 0. The molecule has 0 aliphatic carbocycles. The van der Waals surface area contributed by atoms with Gasteiger partial charge < -0.3 is 10.0 Å². The molecule has 7 heteroatoms. The van der Waals surface area contributed by atoms with E-state index in [1.54, 1.807) is 24.4 Å². The summed E-state index contributed by atoms with van der Waals surface area (Å²) in [5, 5.41) is 24.9. The van der Waals surface area contributed by atoms with Crippen molar-refractivity contribution in [2.24, 2.45) is 5.10 Å². The van der Waals surface area contributed by atoms with Gasteiger partial charge in [-0.3, -0.25) is 5.43 Å². The predicted octanol–water partition coefficient (Wildman–Crippen LogP) is 0.886. The molecule has 19 heavy (non-hydrogen) atoms. The van der Waals surface area contributed by atoms with E-state index in [9.17, 15) is 0 Å². The maximum absolute atomic E-state index is 9.07. The zero-order valence-corrected chi connectivity index (χ0v) is 11.5. The second-order valence-corrected chi connectivity index (χ2v) is 5.01. The molecule has 0 saturated carbocycles. The van der Waals surface area contributed by atoms with Crippen molar-refractivity contribution in [1.29, 1.82) is 0 Å². The summed E-state index contributed by atoms with van der Waals surface area (Å²) in [6.45, 7) is 3.81. The van der Waals surface area contributed by atoms with E-state index in [1.165, 1.54) is 11.3 Å². The monoisotopic (exact) mass is 275 g/mol. The zero-order valence-electron chi connectivity index (χ0n) is 10.7. The lowest BCUT2D eigenvalue weighted by molar-refractivity contribution is 0.425. The standard InChI is InChI=1S/C12H14BN3O2S/c1-8-5-11(13(17)18)4-3-10(8)6-14-16-12-15-9(2)7-19-12/h3-7,17-18H,1-2H3,(H,15,16). The second-order valence-electron chi connectivity index (χ2n) is 4.15. The molecule has 5 nitrogen and oxygen atoms in total. The molecule has 1 aromatic carbocycles. The Labute approximate surface area is 115 Å². The van der Waals surface area contributed by atoms with Crippen LogP contribution in [0.3, 0.4) is 0 Å². The average Bonchev–Trinajstić information content (AvgIpc) is 2.77. The molecule has 2 aromatic rings. The van der Waals surface area contributed by atoms with Crippen LogP contribution < -0.4 is 10.9 Å². The number of aryl methyl sites for hydroxylation is 2. The summed E-state index contributed by atoms with van der Waals surface area (Å²) in [4.78, 5) is 4.23. The van der Waals surface area contributed by atoms with Crippen LogP contribution >= 0.6 is 11.3 Å². The third kappa shape index (κ3) is 3.63. The fraction of sp³-hybridized carbons (Fsp3) is 0.167. The molecule has 98 valence electrons. The highest BCUT2D eigenvalue weighted by atomic mass is 32.1. The molecule has 0 bridgehead atoms. The van der Waals surface area contributed by atoms with Gasteiger partial charge >= 0.3 is 7.12 Å². The van der Waals surface area contributed by atoms with Crippen LogP contribution in [0.1, 0.15) is 16.8 Å². The first-order chi connectivity index (χ1) is 9.06. The second kappa shape index (κ2) is 5.96. The Hall–Kier alpha value is -1.70. The van der Waals surface area contributed by atoms with Gasteiger partial charge in [-0.2, -0.15) is 5.10 Å². The SMILES string of the molecule is Cc1csc(NN=Cc2ccc(B(O)O)cc2C)n1. The lowest BCUT2D eigenvalue weighted by Crippen LogP contribution is -2.30. The lowest BCUT2D eigenvalue weighted by Gasteiger charge is -2.04. The number of hydrogen-bond donors (Lipinski definition) is 3. The third-order valence-corrected chi connectivity index (χ3v) is 3.44. The highest BCUT2D eigenvalue weighted by Gasteiger charge is 2.11. The van der Waals surface area contributed by atoms with Crippen LogP contribution in [-0.4, -0.2) is 28.4 Å². The number of anilines is 1. The van der Waals surface area contributed by atoms with E-state index in [0.717, 1.165) is 22.0 Å². The molecular formula is C12H14BN3O2S. The Bertz CT molecular complexity index is 598. The van der Waals surface area contributed by atoms with Gasteiger partial charge in [-0.1, -0.05) is 18.2 Å². The van der Waals surface area contributed by atoms with Crippen LogP contribution in [0.15, 0.2) is 28.7 Å². The summed E-state index contributed by atoms with van der Waals surface area (Å²) >= 11 is 1.49. The van der Waals surface area contributed by atoms with Crippen molar-refractivity contribution in [2.75, 3.05) is 5.43 Å². The molecule has 0 saturated heterocycles. The molecule has 2 rings (SSSR count). The van der Waals surface area contributed by atoms with E-state index in [2.05, 4.69) is 15.5 Å². The molecule has 0 spiro atoms. The molecule has 0 aliphatic heterocycles. The maximum Gasteiger partial charge on any atom is 0.488 e. The molecule has 3 N–H and O–H groups in total. The Kier molecular flexibility index (Phi) is 4.31. The topological polar surface area (TPSA) is 77.7 Å². The Morgan fingerprint density at radius 1 is 1.37 bits per heavy atom. The van der Waals surface area contributed by atoms with Crippen molar-refractivity contribution >= 4 is 35.3 Å². The molecule has 0 amide bonds. The van der Waals surface area contributed by atoms with Crippen LogP contribution in [0.5, 0.6) is 0 Å². The fourth-order valence-electron chi connectivity index (χ4n) is 1.57. The first-order valence-corrected chi connectivity index (χ1v) is 6.62. The first-order valence-electron chi connectivity index (χ1n) is 5.74. The first kappa shape index (κ1) is 13.7. The zero-order chi connectivity index (χ0) is 13.8. The van der Waals surface area contributed by atoms with E-state index < -0.39 is 7.12 Å². The summed E-state index contributed by atoms with van der Waals surface area (Å²) in [6, 6.07) is 5.18. The fourth-order valence-corrected chi connectivity index (χ4v) is 2.20. The van der Waals surface area contributed by atoms with Crippen molar-refractivity contribution in [3.05, 3.63) is 40.4 Å². The molecular weight excluding hydrogens is 261 g/mol. The Morgan fingerprint density at radius 3 is 2.74 bits per heavy atom. The van der Waals surface area contributed by atoms with Crippen LogP contribution in [0, 0.1) is 13.8 Å². The molecule has 0 atom stereocenters. The van der Waals surface area contributed by atoms with Gasteiger partial charge in [0.25, 0.3) is 0 Å². The average molecular weight is 275 g/mol. The van der Waals surface area contributed by atoms with Gasteiger partial charge in [-0.25, -0.2) is 4.98 Å². The number of thiazole rings is 1. The molecule has 1 heterocycles. The summed E-state index contributed by atoms with van der Waals surface area (Å²) in [5.41, 5.74) is 6.12. The highest BCUT2D eigenvalue weighted by molar-refractivity contribution is 7.13. The van der Waals surface area contributed by atoms with Crippen molar-refractivity contribution in [3.63, 3.8) is 0 Å². The number of rotatable bonds is 4. The van der Waals surface area contributed by atoms with Crippen LogP contribution in [-0.2, 0) is 0 Å². The van der Waals surface area contributed by atoms with Crippen LogP contribution in [0.25, 0.3) is 0 Å². The quantitative estimate of drug-likeness (QED) is 0.440. The van der Waals surface area contributed by atoms with Gasteiger partial charge in [0.1, 0.15) is 0 Å². The molecule has 0 radical (unpaired) electrons. The van der Waals surface area contributed by atoms with Crippen molar-refractivity contribution < 1.29 is 10.0 Å².